The number of nitrogens with zero attached hydrogens (tertiary/aromatic N) is 1. The summed E-state index contributed by atoms with van der Waals surface area (Å²) in [5.41, 5.74) is -4.04. The number of aliphatic hydroxyl groups is 1. The zero-order valence-electron chi connectivity index (χ0n) is 13.8. The van der Waals surface area contributed by atoms with Gasteiger partial charge in [-0.25, -0.2) is 0 Å². The second-order valence-electron chi connectivity index (χ2n) is 5.74. The molecule has 0 aliphatic carbocycles. The van der Waals surface area contributed by atoms with E-state index in [1.807, 2.05) is 0 Å². The Hall–Kier alpha value is -1.99. The Balaban J connectivity index is 2.64. The lowest BCUT2D eigenvalue weighted by Crippen LogP contribution is -2.47. The van der Waals surface area contributed by atoms with Gasteiger partial charge in [0, 0.05) is 35.8 Å². The summed E-state index contributed by atoms with van der Waals surface area (Å²) >= 11 is 6.09. The number of aryl methyl sites for hydroxylation is 1. The van der Waals surface area contributed by atoms with Crippen molar-refractivity contribution in [1.29, 1.82) is 0 Å². The van der Waals surface area contributed by atoms with Gasteiger partial charge < -0.3 is 14.4 Å². The van der Waals surface area contributed by atoms with E-state index in [4.69, 9.17) is 16.3 Å². The molecule has 2 unspecified atom stereocenters. The molecule has 0 bridgehead atoms. The SMILES string of the molecule is COc1ccc(C(C)C(O)(c2ccc(=O)n(C)c2)C(F)(F)F)c(Cl)c1. The van der Waals surface area contributed by atoms with Crippen LogP contribution in [0, 0.1) is 0 Å². The number of methoxy groups -OCH3 is 1. The van der Waals surface area contributed by atoms with Crippen LogP contribution in [0.3, 0.4) is 0 Å². The molecule has 1 aromatic heterocycles. The third-order valence-electron chi connectivity index (χ3n) is 4.26. The van der Waals surface area contributed by atoms with Gasteiger partial charge >= 0.3 is 6.18 Å². The average molecular weight is 376 g/mol. The summed E-state index contributed by atoms with van der Waals surface area (Å²) in [6.07, 6.45) is -4.02. The summed E-state index contributed by atoms with van der Waals surface area (Å²) in [5, 5.41) is 10.7. The molecule has 0 fully saturated rings. The Labute approximate surface area is 147 Å². The van der Waals surface area contributed by atoms with E-state index in [2.05, 4.69) is 0 Å². The molecule has 0 saturated carbocycles. The quantitative estimate of drug-likeness (QED) is 0.888. The topological polar surface area (TPSA) is 51.5 Å². The van der Waals surface area contributed by atoms with E-state index in [1.54, 1.807) is 0 Å². The summed E-state index contributed by atoms with van der Waals surface area (Å²) in [4.78, 5) is 11.5. The first kappa shape index (κ1) is 19.3. The highest BCUT2D eigenvalue weighted by Gasteiger charge is 2.59. The van der Waals surface area contributed by atoms with E-state index < -0.39 is 28.8 Å². The van der Waals surface area contributed by atoms with Gasteiger partial charge in [-0.1, -0.05) is 24.6 Å². The molecular weight excluding hydrogens is 359 g/mol. The number of pyridine rings is 1. The fourth-order valence-electron chi connectivity index (χ4n) is 2.69. The van der Waals surface area contributed by atoms with Crippen LogP contribution >= 0.6 is 11.6 Å². The van der Waals surface area contributed by atoms with Crippen molar-refractivity contribution in [2.75, 3.05) is 7.11 Å². The van der Waals surface area contributed by atoms with Crippen LogP contribution in [0.1, 0.15) is 24.0 Å². The number of hydrogen-bond donors (Lipinski definition) is 1. The highest BCUT2D eigenvalue weighted by Crippen LogP contribution is 2.49. The van der Waals surface area contributed by atoms with Gasteiger partial charge in [0.05, 0.1) is 7.11 Å². The molecule has 0 radical (unpaired) electrons. The van der Waals surface area contributed by atoms with Gasteiger partial charge in [-0.3, -0.25) is 4.79 Å². The van der Waals surface area contributed by atoms with E-state index in [0.717, 1.165) is 22.9 Å². The van der Waals surface area contributed by atoms with E-state index in [9.17, 15) is 23.1 Å². The van der Waals surface area contributed by atoms with E-state index in [0.29, 0.717) is 5.75 Å². The first-order valence-corrected chi connectivity index (χ1v) is 7.70. The van der Waals surface area contributed by atoms with Crippen molar-refractivity contribution in [2.45, 2.75) is 24.6 Å². The summed E-state index contributed by atoms with van der Waals surface area (Å²) in [5.74, 6) is -1.04. The fraction of sp³-hybridized carbons (Fsp3) is 0.353. The van der Waals surface area contributed by atoms with Crippen molar-refractivity contribution in [3.8, 4) is 5.75 Å². The minimum Gasteiger partial charge on any atom is -0.497 e. The zero-order chi connectivity index (χ0) is 19.0. The zero-order valence-corrected chi connectivity index (χ0v) is 14.5. The first-order chi connectivity index (χ1) is 11.5. The summed E-state index contributed by atoms with van der Waals surface area (Å²) in [7, 11) is 2.72. The molecule has 2 rings (SSSR count). The van der Waals surface area contributed by atoms with Crippen LogP contribution < -0.4 is 10.3 Å². The van der Waals surface area contributed by atoms with E-state index in [-0.39, 0.29) is 10.6 Å². The molecule has 0 spiro atoms. The third-order valence-corrected chi connectivity index (χ3v) is 4.59. The van der Waals surface area contributed by atoms with Crippen LogP contribution in [-0.2, 0) is 12.6 Å². The maximum Gasteiger partial charge on any atom is 0.422 e. The van der Waals surface area contributed by atoms with Gasteiger partial charge in [0.15, 0.2) is 5.60 Å². The van der Waals surface area contributed by atoms with Gasteiger partial charge in [0.1, 0.15) is 5.75 Å². The van der Waals surface area contributed by atoms with Crippen molar-refractivity contribution in [3.05, 3.63) is 63.0 Å². The molecule has 2 aromatic rings. The monoisotopic (exact) mass is 375 g/mol. The van der Waals surface area contributed by atoms with Crippen molar-refractivity contribution in [1.82, 2.24) is 4.57 Å². The molecule has 1 N–H and O–H groups in total. The van der Waals surface area contributed by atoms with Gasteiger partial charge in [-0.05, 0) is 23.8 Å². The molecule has 25 heavy (non-hydrogen) atoms. The lowest BCUT2D eigenvalue weighted by atomic mass is 9.78. The van der Waals surface area contributed by atoms with Crippen molar-refractivity contribution in [3.63, 3.8) is 0 Å². The number of alkyl halides is 3. The minimum atomic E-state index is -4.99. The van der Waals surface area contributed by atoms with Crippen molar-refractivity contribution >= 4 is 11.6 Å². The molecule has 0 aliphatic heterocycles. The molecule has 4 nitrogen and oxygen atoms in total. The number of hydrogen-bond acceptors (Lipinski definition) is 3. The maximum absolute atomic E-state index is 13.8. The van der Waals surface area contributed by atoms with E-state index >= 15 is 0 Å². The number of ether oxygens (including phenoxy) is 1. The number of aromatic nitrogens is 1. The van der Waals surface area contributed by atoms with Crippen molar-refractivity contribution < 1.29 is 23.0 Å². The molecular formula is C17H17ClF3NO3. The van der Waals surface area contributed by atoms with Gasteiger partial charge in [0.25, 0.3) is 0 Å². The predicted molar refractivity (Wildman–Crippen MR) is 88.1 cm³/mol. The highest BCUT2D eigenvalue weighted by molar-refractivity contribution is 6.31. The van der Waals surface area contributed by atoms with Crippen LogP contribution in [0.4, 0.5) is 13.2 Å². The Kier molecular flexibility index (Phi) is 5.20. The lowest BCUT2D eigenvalue weighted by molar-refractivity contribution is -0.274. The molecule has 136 valence electrons. The van der Waals surface area contributed by atoms with Crippen LogP contribution in [-0.4, -0.2) is 23.0 Å². The number of rotatable bonds is 4. The normalized spacial score (nSPS) is 15.5. The number of benzene rings is 1. The molecule has 0 amide bonds. The second-order valence-corrected chi connectivity index (χ2v) is 6.15. The predicted octanol–water partition coefficient (Wildman–Crippen LogP) is 3.60. The molecule has 1 aromatic carbocycles. The Morgan fingerprint density at radius 1 is 1.24 bits per heavy atom. The Bertz CT molecular complexity index is 835. The molecule has 8 heteroatoms. The molecule has 1 heterocycles. The maximum atomic E-state index is 13.8. The minimum absolute atomic E-state index is 0.0411. The Morgan fingerprint density at radius 2 is 1.88 bits per heavy atom. The van der Waals surface area contributed by atoms with Crippen LogP contribution in [0.15, 0.2) is 41.3 Å². The smallest absolute Gasteiger partial charge is 0.422 e. The highest BCUT2D eigenvalue weighted by atomic mass is 35.5. The summed E-state index contributed by atoms with van der Waals surface area (Å²) in [6.45, 7) is 1.23. The summed E-state index contributed by atoms with van der Waals surface area (Å²) in [6, 6.07) is 6.18. The molecule has 0 saturated heterocycles. The first-order valence-electron chi connectivity index (χ1n) is 7.32. The Morgan fingerprint density at radius 3 is 2.36 bits per heavy atom. The second kappa shape index (κ2) is 6.72. The van der Waals surface area contributed by atoms with Crippen LogP contribution in [0.2, 0.25) is 5.02 Å². The van der Waals surface area contributed by atoms with E-state index in [1.165, 1.54) is 39.3 Å². The van der Waals surface area contributed by atoms with Crippen molar-refractivity contribution in [2.24, 2.45) is 7.05 Å². The fourth-order valence-corrected chi connectivity index (χ4v) is 3.02. The molecule has 2 atom stereocenters. The average Bonchev–Trinajstić information content (AvgIpc) is 2.54. The standard InChI is InChI=1S/C17H17ClF3NO3/c1-10(13-6-5-12(25-3)8-14(13)18)16(24,17(19,20)21)11-4-7-15(23)22(2)9-11/h4-10,24H,1-3H3. The lowest BCUT2D eigenvalue weighted by Gasteiger charge is -2.37. The van der Waals surface area contributed by atoms with Crippen LogP contribution in [0.25, 0.3) is 0 Å². The summed E-state index contributed by atoms with van der Waals surface area (Å²) < 4.78 is 47.5. The van der Waals surface area contributed by atoms with Gasteiger partial charge in [-0.15, -0.1) is 0 Å². The van der Waals surface area contributed by atoms with Crippen LogP contribution in [0.5, 0.6) is 5.75 Å². The number of halogens is 4. The largest absolute Gasteiger partial charge is 0.497 e. The third kappa shape index (κ3) is 3.39. The van der Waals surface area contributed by atoms with Gasteiger partial charge in [0.2, 0.25) is 5.56 Å². The van der Waals surface area contributed by atoms with Gasteiger partial charge in [-0.2, -0.15) is 13.2 Å². The molecule has 0 aliphatic rings.